The zero-order valence-corrected chi connectivity index (χ0v) is 17.5. The van der Waals surface area contributed by atoms with Crippen LogP contribution in [-0.4, -0.2) is 16.2 Å². The standard InChI is InChI=1S/C25H32O3/c1-5-24(6-2,19-9-11-21(23(26)27)17(3)15-19)20-10-12-22(18(4)16-20)25(28)13-7-8-14-25/h9-12,15-16,28H,5-8,13-14H2,1-4H3,(H,26,27). The topological polar surface area (TPSA) is 57.5 Å². The molecule has 0 bridgehead atoms. The van der Waals surface area contributed by atoms with Crippen LogP contribution in [0.5, 0.6) is 0 Å². The Morgan fingerprint density at radius 2 is 1.50 bits per heavy atom. The fourth-order valence-corrected chi connectivity index (χ4v) is 5.15. The van der Waals surface area contributed by atoms with E-state index >= 15 is 0 Å². The van der Waals surface area contributed by atoms with Crippen molar-refractivity contribution in [3.63, 3.8) is 0 Å². The van der Waals surface area contributed by atoms with E-state index in [9.17, 15) is 15.0 Å². The van der Waals surface area contributed by atoms with Crippen LogP contribution in [0.1, 0.15) is 90.5 Å². The van der Waals surface area contributed by atoms with Crippen molar-refractivity contribution in [2.24, 2.45) is 0 Å². The number of hydrogen-bond acceptors (Lipinski definition) is 2. The monoisotopic (exact) mass is 380 g/mol. The number of rotatable bonds is 6. The maximum Gasteiger partial charge on any atom is 0.335 e. The third-order valence-corrected chi connectivity index (χ3v) is 6.93. The summed E-state index contributed by atoms with van der Waals surface area (Å²) < 4.78 is 0. The fraction of sp³-hybridized carbons (Fsp3) is 0.480. The molecule has 1 saturated carbocycles. The lowest BCUT2D eigenvalue weighted by atomic mass is 9.69. The van der Waals surface area contributed by atoms with Gasteiger partial charge in [0, 0.05) is 5.41 Å². The molecule has 1 aliphatic rings. The van der Waals surface area contributed by atoms with E-state index in [4.69, 9.17) is 0 Å². The van der Waals surface area contributed by atoms with Crippen LogP contribution in [0.25, 0.3) is 0 Å². The van der Waals surface area contributed by atoms with Gasteiger partial charge in [0.1, 0.15) is 0 Å². The highest BCUT2D eigenvalue weighted by atomic mass is 16.4. The predicted molar refractivity (Wildman–Crippen MR) is 113 cm³/mol. The van der Waals surface area contributed by atoms with Crippen molar-refractivity contribution in [2.75, 3.05) is 0 Å². The van der Waals surface area contributed by atoms with Gasteiger partial charge < -0.3 is 10.2 Å². The first-order chi connectivity index (χ1) is 13.3. The van der Waals surface area contributed by atoms with Gasteiger partial charge in [-0.25, -0.2) is 4.79 Å². The Bertz CT molecular complexity index is 871. The maximum atomic E-state index is 11.4. The minimum absolute atomic E-state index is 0.163. The molecule has 3 rings (SSSR count). The molecule has 3 heteroatoms. The molecule has 0 amide bonds. The van der Waals surface area contributed by atoms with E-state index in [1.54, 1.807) is 6.07 Å². The van der Waals surface area contributed by atoms with Gasteiger partial charge in [-0.3, -0.25) is 0 Å². The molecule has 0 aliphatic heterocycles. The maximum absolute atomic E-state index is 11.4. The van der Waals surface area contributed by atoms with Gasteiger partial charge in [-0.05, 0) is 73.4 Å². The highest BCUT2D eigenvalue weighted by Crippen LogP contribution is 2.44. The molecule has 28 heavy (non-hydrogen) atoms. The zero-order chi connectivity index (χ0) is 20.5. The molecular formula is C25H32O3. The molecule has 150 valence electrons. The molecule has 0 atom stereocenters. The second kappa shape index (κ2) is 7.71. The first-order valence-corrected chi connectivity index (χ1v) is 10.5. The highest BCUT2D eigenvalue weighted by Gasteiger charge is 2.36. The minimum Gasteiger partial charge on any atom is -0.478 e. The summed E-state index contributed by atoms with van der Waals surface area (Å²) >= 11 is 0. The Kier molecular flexibility index (Phi) is 5.67. The normalized spacial score (nSPS) is 16.3. The lowest BCUT2D eigenvalue weighted by Gasteiger charge is -2.35. The van der Waals surface area contributed by atoms with Crippen molar-refractivity contribution in [2.45, 2.75) is 77.2 Å². The van der Waals surface area contributed by atoms with Crippen molar-refractivity contribution in [1.29, 1.82) is 0 Å². The summed E-state index contributed by atoms with van der Waals surface area (Å²) in [6, 6.07) is 12.3. The van der Waals surface area contributed by atoms with Crippen molar-refractivity contribution >= 4 is 5.97 Å². The largest absolute Gasteiger partial charge is 0.478 e. The van der Waals surface area contributed by atoms with Crippen LogP contribution in [-0.2, 0) is 11.0 Å². The van der Waals surface area contributed by atoms with E-state index in [-0.39, 0.29) is 5.41 Å². The van der Waals surface area contributed by atoms with Crippen LogP contribution >= 0.6 is 0 Å². The second-order valence-corrected chi connectivity index (χ2v) is 8.39. The SMILES string of the molecule is CCC(CC)(c1ccc(C(=O)O)c(C)c1)c1ccc(C2(O)CCCC2)c(C)c1. The van der Waals surface area contributed by atoms with E-state index in [0.29, 0.717) is 5.56 Å². The Hall–Kier alpha value is -2.13. The summed E-state index contributed by atoms with van der Waals surface area (Å²) in [6.45, 7) is 8.35. The summed E-state index contributed by atoms with van der Waals surface area (Å²) in [5.74, 6) is -0.882. The number of aryl methyl sites for hydroxylation is 2. The molecule has 1 fully saturated rings. The van der Waals surface area contributed by atoms with Crippen molar-refractivity contribution < 1.29 is 15.0 Å². The summed E-state index contributed by atoms with van der Waals surface area (Å²) in [5.41, 5.74) is 4.92. The van der Waals surface area contributed by atoms with Crippen molar-refractivity contribution in [1.82, 2.24) is 0 Å². The molecule has 2 N–H and O–H groups in total. The number of benzene rings is 2. The van der Waals surface area contributed by atoms with Crippen molar-refractivity contribution in [3.05, 3.63) is 69.8 Å². The molecule has 0 saturated heterocycles. The van der Waals surface area contributed by atoms with Gasteiger partial charge in [0.2, 0.25) is 0 Å². The van der Waals surface area contributed by atoms with Gasteiger partial charge in [-0.1, -0.05) is 57.0 Å². The van der Waals surface area contributed by atoms with E-state index in [1.807, 2.05) is 19.1 Å². The number of carboxylic acid groups (broad SMARTS) is 1. The molecule has 0 heterocycles. The van der Waals surface area contributed by atoms with E-state index < -0.39 is 11.6 Å². The van der Waals surface area contributed by atoms with Crippen LogP contribution in [0.15, 0.2) is 36.4 Å². The number of aliphatic hydroxyl groups is 1. The smallest absolute Gasteiger partial charge is 0.335 e. The average molecular weight is 381 g/mol. The first-order valence-electron chi connectivity index (χ1n) is 10.5. The van der Waals surface area contributed by atoms with E-state index in [1.165, 1.54) is 5.56 Å². The lowest BCUT2D eigenvalue weighted by Crippen LogP contribution is -2.28. The molecule has 0 unspecified atom stereocenters. The minimum atomic E-state index is -0.882. The lowest BCUT2D eigenvalue weighted by molar-refractivity contribution is 0.0438. The van der Waals surface area contributed by atoms with Gasteiger partial charge in [-0.15, -0.1) is 0 Å². The van der Waals surface area contributed by atoms with E-state index in [0.717, 1.165) is 60.8 Å². The van der Waals surface area contributed by atoms with Crippen LogP contribution in [0.4, 0.5) is 0 Å². The Balaban J connectivity index is 2.08. The van der Waals surface area contributed by atoms with Crippen molar-refractivity contribution in [3.8, 4) is 0 Å². The van der Waals surface area contributed by atoms with Crippen LogP contribution in [0.2, 0.25) is 0 Å². The van der Waals surface area contributed by atoms with Crippen LogP contribution < -0.4 is 0 Å². The third-order valence-electron chi connectivity index (χ3n) is 6.93. The molecule has 0 aromatic heterocycles. The molecule has 3 nitrogen and oxygen atoms in total. The van der Waals surface area contributed by atoms with Crippen LogP contribution in [0, 0.1) is 13.8 Å². The summed E-state index contributed by atoms with van der Waals surface area (Å²) in [6.07, 6.45) is 5.71. The first kappa shape index (κ1) is 20.6. The number of hydrogen-bond donors (Lipinski definition) is 2. The Morgan fingerprint density at radius 3 is 1.96 bits per heavy atom. The number of carbonyl (C=O) groups is 1. The predicted octanol–water partition coefficient (Wildman–Crippen LogP) is 5.87. The highest BCUT2D eigenvalue weighted by molar-refractivity contribution is 5.89. The molecule has 2 aromatic rings. The molecule has 0 radical (unpaired) electrons. The van der Waals surface area contributed by atoms with Gasteiger partial charge in [0.05, 0.1) is 11.2 Å². The second-order valence-electron chi connectivity index (χ2n) is 8.39. The third kappa shape index (κ3) is 3.37. The zero-order valence-electron chi connectivity index (χ0n) is 17.5. The van der Waals surface area contributed by atoms with Gasteiger partial charge in [0.15, 0.2) is 0 Å². The van der Waals surface area contributed by atoms with Gasteiger partial charge in [-0.2, -0.15) is 0 Å². The number of carboxylic acids is 1. The van der Waals surface area contributed by atoms with Gasteiger partial charge in [0.25, 0.3) is 0 Å². The molecule has 1 aliphatic carbocycles. The fourth-order valence-electron chi connectivity index (χ4n) is 5.15. The number of aromatic carboxylic acids is 1. The molecular weight excluding hydrogens is 348 g/mol. The molecule has 0 spiro atoms. The Labute approximate surface area is 168 Å². The summed E-state index contributed by atoms with van der Waals surface area (Å²) in [5, 5.41) is 20.4. The van der Waals surface area contributed by atoms with Crippen LogP contribution in [0.3, 0.4) is 0 Å². The quantitative estimate of drug-likeness (QED) is 0.659. The summed E-state index contributed by atoms with van der Waals surface area (Å²) in [7, 11) is 0. The molecule has 2 aromatic carbocycles. The Morgan fingerprint density at radius 1 is 0.964 bits per heavy atom. The van der Waals surface area contributed by atoms with Gasteiger partial charge >= 0.3 is 5.97 Å². The van der Waals surface area contributed by atoms with E-state index in [2.05, 4.69) is 39.0 Å². The average Bonchev–Trinajstić information content (AvgIpc) is 3.10. The summed E-state index contributed by atoms with van der Waals surface area (Å²) in [4.78, 5) is 11.4.